The fourth-order valence-corrected chi connectivity index (χ4v) is 1.71. The lowest BCUT2D eigenvalue weighted by atomic mass is 10.2. The van der Waals surface area contributed by atoms with Crippen LogP contribution in [0.2, 0.25) is 0 Å². The zero-order chi connectivity index (χ0) is 12.7. The second kappa shape index (κ2) is 6.57. The first-order chi connectivity index (χ1) is 8.24. The van der Waals surface area contributed by atoms with E-state index < -0.39 is 5.92 Å². The molecule has 0 bridgehead atoms. The number of nitriles is 2. The van der Waals surface area contributed by atoms with E-state index in [-0.39, 0.29) is 0 Å². The highest BCUT2D eigenvalue weighted by Gasteiger charge is 2.13. The van der Waals surface area contributed by atoms with E-state index in [1.165, 1.54) is 11.8 Å². The summed E-state index contributed by atoms with van der Waals surface area (Å²) in [5.41, 5.74) is 0.671. The first-order valence-corrected chi connectivity index (χ1v) is 6.03. The highest BCUT2D eigenvalue weighted by molar-refractivity contribution is 8.13. The Kier molecular flexibility index (Phi) is 5.06. The molecule has 0 saturated carbocycles. The average molecular weight is 245 g/mol. The number of benzene rings is 1. The molecule has 1 rings (SSSR count). The fraction of sp³-hybridized carbons (Fsp3) is 0.250. The molecule has 1 aromatic carbocycles. The van der Waals surface area contributed by atoms with Gasteiger partial charge >= 0.3 is 0 Å². The van der Waals surface area contributed by atoms with Crippen LogP contribution in [0.15, 0.2) is 29.3 Å². The molecule has 0 aliphatic heterocycles. The molecule has 0 amide bonds. The van der Waals surface area contributed by atoms with E-state index in [0.717, 1.165) is 0 Å². The lowest BCUT2D eigenvalue weighted by Gasteiger charge is -2.04. The second-order valence-corrected chi connectivity index (χ2v) is 3.87. The number of thioether (sulfide) groups is 1. The number of hydrogen-bond acceptors (Lipinski definition) is 5. The van der Waals surface area contributed by atoms with Crippen LogP contribution in [0.25, 0.3) is 0 Å². The summed E-state index contributed by atoms with van der Waals surface area (Å²) in [5.74, 6) is -0.131. The van der Waals surface area contributed by atoms with Gasteiger partial charge in [0.25, 0.3) is 0 Å². The van der Waals surface area contributed by atoms with Crippen molar-refractivity contribution in [2.75, 3.05) is 13.4 Å². The molecule has 86 valence electrons. The van der Waals surface area contributed by atoms with E-state index >= 15 is 0 Å². The predicted octanol–water partition coefficient (Wildman–Crippen LogP) is 2.75. The summed E-state index contributed by atoms with van der Waals surface area (Å²) in [7, 11) is 1.58. The van der Waals surface area contributed by atoms with Crippen LogP contribution in [-0.4, -0.2) is 18.4 Å². The topological polar surface area (TPSA) is 69.2 Å². The zero-order valence-electron chi connectivity index (χ0n) is 9.54. The molecule has 0 radical (unpaired) electrons. The van der Waals surface area contributed by atoms with Crippen molar-refractivity contribution in [1.29, 1.82) is 10.5 Å². The van der Waals surface area contributed by atoms with E-state index in [0.29, 0.717) is 16.5 Å². The van der Waals surface area contributed by atoms with Crippen LogP contribution in [-0.2, 0) is 0 Å². The van der Waals surface area contributed by atoms with Crippen LogP contribution >= 0.6 is 11.8 Å². The zero-order valence-corrected chi connectivity index (χ0v) is 10.4. The van der Waals surface area contributed by atoms with Crippen LogP contribution in [0.1, 0.15) is 0 Å². The summed E-state index contributed by atoms with van der Waals surface area (Å²) in [6.07, 6.45) is 1.79. The van der Waals surface area contributed by atoms with E-state index in [2.05, 4.69) is 4.99 Å². The Balaban J connectivity index is 3.07. The Morgan fingerprint density at radius 3 is 2.65 bits per heavy atom. The summed E-state index contributed by atoms with van der Waals surface area (Å²) in [6, 6.07) is 11.0. The maximum atomic E-state index is 8.81. The smallest absolute Gasteiger partial charge is 0.181 e. The third kappa shape index (κ3) is 3.51. The van der Waals surface area contributed by atoms with Gasteiger partial charge in [-0.05, 0) is 18.4 Å². The first kappa shape index (κ1) is 13.1. The molecule has 0 spiro atoms. The second-order valence-electron chi connectivity index (χ2n) is 3.05. The van der Waals surface area contributed by atoms with Gasteiger partial charge in [-0.3, -0.25) is 0 Å². The molecule has 17 heavy (non-hydrogen) atoms. The minimum absolute atomic E-state index is 0.489. The molecular formula is C12H11N3OS. The van der Waals surface area contributed by atoms with E-state index in [9.17, 15) is 0 Å². The number of aliphatic imine (C=N–C) groups is 1. The van der Waals surface area contributed by atoms with Crippen LogP contribution in [0.4, 0.5) is 5.69 Å². The Hall–Kier alpha value is -1.98. The predicted molar refractivity (Wildman–Crippen MR) is 68.3 cm³/mol. The largest absolute Gasteiger partial charge is 0.497 e. The Morgan fingerprint density at radius 2 is 2.12 bits per heavy atom. The summed E-state index contributed by atoms with van der Waals surface area (Å²) in [4.78, 5) is 4.28. The Morgan fingerprint density at radius 1 is 1.41 bits per heavy atom. The van der Waals surface area contributed by atoms with Crippen molar-refractivity contribution in [3.8, 4) is 17.9 Å². The first-order valence-electron chi connectivity index (χ1n) is 4.81. The highest BCUT2D eigenvalue weighted by Crippen LogP contribution is 2.22. The van der Waals surface area contributed by atoms with Gasteiger partial charge in [0.2, 0.25) is 0 Å². The van der Waals surface area contributed by atoms with Crippen molar-refractivity contribution in [2.24, 2.45) is 10.9 Å². The molecule has 0 N–H and O–H groups in total. The molecule has 4 nitrogen and oxygen atoms in total. The van der Waals surface area contributed by atoms with Crippen molar-refractivity contribution in [3.63, 3.8) is 0 Å². The monoisotopic (exact) mass is 245 g/mol. The number of methoxy groups -OCH3 is 1. The van der Waals surface area contributed by atoms with Crippen LogP contribution < -0.4 is 4.74 Å². The minimum atomic E-state index is -0.823. The van der Waals surface area contributed by atoms with Gasteiger partial charge < -0.3 is 4.74 Å². The Labute approximate surface area is 105 Å². The standard InChI is InChI=1S/C12H11N3OS/c1-16-11-5-3-4-10(6-11)15-12(17-2)9(7-13)8-14/h3-6,9H,1-2H3. The van der Waals surface area contributed by atoms with Gasteiger partial charge in [0.05, 0.1) is 24.9 Å². The van der Waals surface area contributed by atoms with E-state index in [1.807, 2.05) is 24.3 Å². The fourth-order valence-electron chi connectivity index (χ4n) is 1.17. The van der Waals surface area contributed by atoms with Crippen molar-refractivity contribution >= 4 is 22.5 Å². The molecule has 0 aliphatic carbocycles. The minimum Gasteiger partial charge on any atom is -0.497 e. The number of rotatable bonds is 3. The van der Waals surface area contributed by atoms with Gasteiger partial charge in [-0.1, -0.05) is 6.07 Å². The maximum Gasteiger partial charge on any atom is 0.181 e. The number of hydrogen-bond donors (Lipinski definition) is 0. The third-order valence-corrected chi connectivity index (χ3v) is 2.75. The van der Waals surface area contributed by atoms with Gasteiger partial charge in [-0.2, -0.15) is 10.5 Å². The molecule has 0 saturated heterocycles. The summed E-state index contributed by atoms with van der Waals surface area (Å²) in [6.45, 7) is 0. The van der Waals surface area contributed by atoms with Crippen LogP contribution in [0, 0.1) is 28.6 Å². The van der Waals surface area contributed by atoms with Gasteiger partial charge in [0.15, 0.2) is 5.92 Å². The lowest BCUT2D eigenvalue weighted by Crippen LogP contribution is -2.05. The SMILES string of the molecule is COc1cccc(N=C(SC)C(C#N)C#N)c1. The molecule has 0 unspecified atom stereocenters. The third-order valence-electron chi connectivity index (χ3n) is 2.01. The molecule has 0 heterocycles. The number of nitrogens with zero attached hydrogens (tertiary/aromatic N) is 3. The van der Waals surface area contributed by atoms with E-state index in [4.69, 9.17) is 15.3 Å². The molecule has 0 fully saturated rings. The molecular weight excluding hydrogens is 234 g/mol. The van der Waals surface area contributed by atoms with E-state index in [1.54, 1.807) is 25.5 Å². The van der Waals surface area contributed by atoms with Gasteiger partial charge in [0, 0.05) is 6.07 Å². The van der Waals surface area contributed by atoms with Crippen molar-refractivity contribution in [2.45, 2.75) is 0 Å². The molecule has 5 heteroatoms. The average Bonchev–Trinajstić information content (AvgIpc) is 2.39. The Bertz CT molecular complexity index is 485. The van der Waals surface area contributed by atoms with Crippen molar-refractivity contribution in [1.82, 2.24) is 0 Å². The molecule has 0 atom stereocenters. The number of ether oxygens (including phenoxy) is 1. The summed E-state index contributed by atoms with van der Waals surface area (Å²) in [5, 5.41) is 18.1. The summed E-state index contributed by atoms with van der Waals surface area (Å²) >= 11 is 1.30. The summed E-state index contributed by atoms with van der Waals surface area (Å²) < 4.78 is 5.08. The quantitative estimate of drug-likeness (QED) is 0.606. The van der Waals surface area contributed by atoms with Gasteiger partial charge in [0.1, 0.15) is 10.8 Å². The lowest BCUT2D eigenvalue weighted by molar-refractivity contribution is 0.415. The molecule has 1 aromatic rings. The van der Waals surface area contributed by atoms with Crippen molar-refractivity contribution < 1.29 is 4.74 Å². The van der Waals surface area contributed by atoms with Gasteiger partial charge in [-0.15, -0.1) is 11.8 Å². The highest BCUT2D eigenvalue weighted by atomic mass is 32.2. The maximum absolute atomic E-state index is 8.81. The van der Waals surface area contributed by atoms with Crippen molar-refractivity contribution in [3.05, 3.63) is 24.3 Å². The van der Waals surface area contributed by atoms with Crippen LogP contribution in [0.3, 0.4) is 0 Å². The molecule has 0 aliphatic rings. The van der Waals surface area contributed by atoms with Gasteiger partial charge in [-0.25, -0.2) is 4.99 Å². The normalized spacial score (nSPS) is 10.8. The molecule has 0 aromatic heterocycles. The van der Waals surface area contributed by atoms with Crippen LogP contribution in [0.5, 0.6) is 5.75 Å².